The third kappa shape index (κ3) is 2.76. The van der Waals surface area contributed by atoms with Gasteiger partial charge in [0, 0.05) is 16.5 Å². The van der Waals surface area contributed by atoms with Crippen molar-refractivity contribution in [1.29, 1.82) is 0 Å². The number of hydrogen-bond acceptors (Lipinski definition) is 5. The number of H-pyrrole nitrogens is 1. The number of benzene rings is 2. The number of halogens is 1. The van der Waals surface area contributed by atoms with Crippen molar-refractivity contribution in [1.82, 2.24) is 25.2 Å². The first-order valence-electron chi connectivity index (χ1n) is 7.69. The van der Waals surface area contributed by atoms with E-state index in [1.807, 2.05) is 6.07 Å². The van der Waals surface area contributed by atoms with Crippen molar-refractivity contribution in [2.75, 3.05) is 5.32 Å². The van der Waals surface area contributed by atoms with Crippen LogP contribution in [0.4, 0.5) is 5.82 Å². The number of aromatic hydroxyl groups is 1. The number of phenols is 1. The van der Waals surface area contributed by atoms with Crippen LogP contribution in [0.2, 0.25) is 5.02 Å². The van der Waals surface area contributed by atoms with E-state index >= 15 is 0 Å². The Morgan fingerprint density at radius 2 is 2.12 bits per heavy atom. The van der Waals surface area contributed by atoms with E-state index in [2.05, 4.69) is 25.8 Å². The number of phenolic OH excluding ortho intramolecular Hbond substituents is 1. The maximum atomic E-state index is 12.6. The van der Waals surface area contributed by atoms with Gasteiger partial charge in [0.2, 0.25) is 0 Å². The number of nitrogens with zero attached hydrogens (tertiary/aromatic N) is 4. The lowest BCUT2D eigenvalue weighted by Gasteiger charge is -2.04. The van der Waals surface area contributed by atoms with Gasteiger partial charge in [0.15, 0.2) is 11.5 Å². The summed E-state index contributed by atoms with van der Waals surface area (Å²) in [6, 6.07) is 11.8. The third-order valence-electron chi connectivity index (χ3n) is 3.94. The lowest BCUT2D eigenvalue weighted by Crippen LogP contribution is -2.14. The summed E-state index contributed by atoms with van der Waals surface area (Å²) in [6.45, 7) is 1.75. The van der Waals surface area contributed by atoms with Crippen LogP contribution in [-0.4, -0.2) is 36.2 Å². The Hall–Kier alpha value is -3.39. The summed E-state index contributed by atoms with van der Waals surface area (Å²) in [5.74, 6) is 0.0262. The van der Waals surface area contributed by atoms with Gasteiger partial charge in [-0.25, -0.2) is 4.68 Å². The molecule has 2 aromatic heterocycles. The lowest BCUT2D eigenvalue weighted by molar-refractivity contribution is 0.102. The molecule has 26 heavy (non-hydrogen) atoms. The number of fused-ring (bicyclic) bond motifs is 1. The van der Waals surface area contributed by atoms with Gasteiger partial charge < -0.3 is 10.4 Å². The summed E-state index contributed by atoms with van der Waals surface area (Å²) in [7, 11) is 0. The number of aromatic amines is 1. The zero-order valence-electron chi connectivity index (χ0n) is 13.6. The second-order valence-corrected chi connectivity index (χ2v) is 6.11. The molecule has 0 atom stereocenters. The number of hydrogen-bond donors (Lipinski definition) is 3. The Morgan fingerprint density at radius 1 is 1.27 bits per heavy atom. The highest BCUT2D eigenvalue weighted by Gasteiger charge is 2.19. The smallest absolute Gasteiger partial charge is 0.279 e. The van der Waals surface area contributed by atoms with Crippen molar-refractivity contribution in [3.63, 3.8) is 0 Å². The highest BCUT2D eigenvalue weighted by molar-refractivity contribution is 6.30. The van der Waals surface area contributed by atoms with E-state index in [1.165, 1.54) is 12.1 Å². The number of rotatable bonds is 3. The molecule has 0 aliphatic rings. The molecule has 0 aliphatic heterocycles. The number of anilines is 1. The van der Waals surface area contributed by atoms with Gasteiger partial charge in [0.05, 0.1) is 16.9 Å². The van der Waals surface area contributed by atoms with Crippen molar-refractivity contribution in [3.8, 4) is 11.4 Å². The Morgan fingerprint density at radius 3 is 2.92 bits per heavy atom. The number of aromatic nitrogens is 5. The fraction of sp³-hybridized carbons (Fsp3) is 0.0588. The zero-order valence-corrected chi connectivity index (χ0v) is 14.3. The van der Waals surface area contributed by atoms with Crippen LogP contribution in [-0.2, 0) is 0 Å². The average molecular weight is 369 g/mol. The molecule has 0 bridgehead atoms. The minimum Gasteiger partial charge on any atom is -0.508 e. The maximum absolute atomic E-state index is 12.6. The van der Waals surface area contributed by atoms with Gasteiger partial charge in [-0.3, -0.25) is 9.89 Å². The second-order valence-electron chi connectivity index (χ2n) is 5.67. The SMILES string of the molecule is Cc1c(C(=O)Nc2n[nH]c3cc(O)ccc23)nnn1-c1cccc(Cl)c1. The van der Waals surface area contributed by atoms with E-state index in [-0.39, 0.29) is 11.4 Å². The molecule has 4 rings (SSSR count). The molecule has 0 spiro atoms. The lowest BCUT2D eigenvalue weighted by atomic mass is 10.2. The van der Waals surface area contributed by atoms with Gasteiger partial charge >= 0.3 is 0 Å². The van der Waals surface area contributed by atoms with Gasteiger partial charge in [-0.15, -0.1) is 5.10 Å². The Kier molecular flexibility index (Phi) is 3.81. The Balaban J connectivity index is 1.64. The molecule has 0 saturated heterocycles. The summed E-state index contributed by atoms with van der Waals surface area (Å²) in [6.07, 6.45) is 0. The predicted molar refractivity (Wildman–Crippen MR) is 96.8 cm³/mol. The van der Waals surface area contributed by atoms with Gasteiger partial charge in [0.1, 0.15) is 5.75 Å². The first-order valence-corrected chi connectivity index (χ1v) is 8.07. The monoisotopic (exact) mass is 368 g/mol. The molecule has 0 unspecified atom stereocenters. The van der Waals surface area contributed by atoms with Gasteiger partial charge in [0.25, 0.3) is 5.91 Å². The molecular weight excluding hydrogens is 356 g/mol. The van der Waals surface area contributed by atoms with E-state index < -0.39 is 5.91 Å². The summed E-state index contributed by atoms with van der Waals surface area (Å²) in [4.78, 5) is 12.6. The molecule has 130 valence electrons. The second kappa shape index (κ2) is 6.16. The fourth-order valence-corrected chi connectivity index (χ4v) is 2.85. The normalized spacial score (nSPS) is 11.0. The minimum atomic E-state index is -0.433. The third-order valence-corrected chi connectivity index (χ3v) is 4.18. The number of carbonyl (C=O) groups is 1. The highest BCUT2D eigenvalue weighted by Crippen LogP contribution is 2.24. The molecule has 3 N–H and O–H groups in total. The zero-order chi connectivity index (χ0) is 18.3. The molecule has 8 nitrogen and oxygen atoms in total. The average Bonchev–Trinajstić information content (AvgIpc) is 3.18. The maximum Gasteiger partial charge on any atom is 0.279 e. The molecule has 0 radical (unpaired) electrons. The first kappa shape index (κ1) is 16.1. The van der Waals surface area contributed by atoms with E-state index in [0.29, 0.717) is 33.1 Å². The van der Waals surface area contributed by atoms with Crippen LogP contribution in [0, 0.1) is 6.92 Å². The standard InChI is InChI=1S/C17H13ClN6O2/c1-9-15(21-23-24(9)11-4-2-3-10(18)7-11)17(26)19-16-13-6-5-12(25)8-14(13)20-22-16/h2-8,25H,1H3,(H2,19,20,22,26). The summed E-state index contributed by atoms with van der Waals surface area (Å²) >= 11 is 6.01. The van der Waals surface area contributed by atoms with Crippen molar-refractivity contribution < 1.29 is 9.90 Å². The van der Waals surface area contributed by atoms with Crippen LogP contribution in [0.15, 0.2) is 42.5 Å². The summed E-state index contributed by atoms with van der Waals surface area (Å²) in [5.41, 5.74) is 2.07. The molecule has 0 saturated carbocycles. The van der Waals surface area contributed by atoms with Crippen LogP contribution in [0.25, 0.3) is 16.6 Å². The van der Waals surface area contributed by atoms with E-state index in [9.17, 15) is 9.90 Å². The molecule has 4 aromatic rings. The molecule has 2 heterocycles. The van der Waals surface area contributed by atoms with E-state index in [4.69, 9.17) is 11.6 Å². The topological polar surface area (TPSA) is 109 Å². The van der Waals surface area contributed by atoms with Crippen LogP contribution in [0.3, 0.4) is 0 Å². The van der Waals surface area contributed by atoms with Crippen LogP contribution < -0.4 is 5.32 Å². The molecule has 1 amide bonds. The van der Waals surface area contributed by atoms with Crippen molar-refractivity contribution in [3.05, 3.63) is 58.9 Å². The van der Waals surface area contributed by atoms with Crippen molar-refractivity contribution in [2.24, 2.45) is 0 Å². The van der Waals surface area contributed by atoms with Crippen LogP contribution >= 0.6 is 11.6 Å². The van der Waals surface area contributed by atoms with E-state index in [1.54, 1.807) is 35.9 Å². The van der Waals surface area contributed by atoms with Crippen LogP contribution in [0.1, 0.15) is 16.2 Å². The van der Waals surface area contributed by atoms with Crippen molar-refractivity contribution in [2.45, 2.75) is 6.92 Å². The predicted octanol–water partition coefficient (Wildman–Crippen LogP) is 3.06. The highest BCUT2D eigenvalue weighted by atomic mass is 35.5. The molecule has 2 aromatic carbocycles. The molecule has 0 aliphatic carbocycles. The van der Waals surface area contributed by atoms with E-state index in [0.717, 1.165) is 0 Å². The van der Waals surface area contributed by atoms with Gasteiger partial charge in [-0.2, -0.15) is 5.10 Å². The summed E-state index contributed by atoms with van der Waals surface area (Å²) < 4.78 is 1.54. The van der Waals surface area contributed by atoms with Crippen molar-refractivity contribution >= 4 is 34.2 Å². The number of amides is 1. The van der Waals surface area contributed by atoms with Gasteiger partial charge in [-0.1, -0.05) is 22.9 Å². The molecular formula is C17H13ClN6O2. The van der Waals surface area contributed by atoms with Gasteiger partial charge in [-0.05, 0) is 37.3 Å². The molecule has 9 heteroatoms. The Bertz CT molecular complexity index is 1130. The fourth-order valence-electron chi connectivity index (χ4n) is 2.66. The number of nitrogens with one attached hydrogen (secondary N) is 2. The largest absolute Gasteiger partial charge is 0.508 e. The van der Waals surface area contributed by atoms with Crippen LogP contribution in [0.5, 0.6) is 5.75 Å². The quantitative estimate of drug-likeness (QED) is 0.515. The summed E-state index contributed by atoms with van der Waals surface area (Å²) in [5, 5.41) is 28.3. The Labute approximate surface area is 152 Å². The number of carbonyl (C=O) groups excluding carboxylic acids is 1. The minimum absolute atomic E-state index is 0.110. The molecule has 0 fully saturated rings. The first-order chi connectivity index (χ1) is 12.5.